The average Bonchev–Trinajstić information content (AvgIpc) is 3.23. The first-order valence-corrected chi connectivity index (χ1v) is 7.46. The van der Waals surface area contributed by atoms with E-state index < -0.39 is 4.92 Å². The highest BCUT2D eigenvalue weighted by molar-refractivity contribution is 7.13. The highest BCUT2D eigenvalue weighted by Crippen LogP contribution is 2.31. The van der Waals surface area contributed by atoms with Gasteiger partial charge in [0.1, 0.15) is 11.9 Å². The number of aromatic amines is 2. The smallest absolute Gasteiger partial charge is 0.288 e. The molecule has 2 N–H and O–H groups in total. The molecule has 0 unspecified atom stereocenters. The maximum Gasteiger partial charge on any atom is 0.288 e. The summed E-state index contributed by atoms with van der Waals surface area (Å²) in [6.45, 7) is 1.91. The first kappa shape index (κ1) is 13.5. The zero-order valence-corrected chi connectivity index (χ0v) is 12.6. The molecule has 4 rings (SSSR count). The Morgan fingerprint density at radius 2 is 2.17 bits per heavy atom. The number of nitro groups is 1. The molecular weight excluding hydrogens is 318 g/mol. The monoisotopic (exact) mass is 327 g/mol. The standard InChI is InChI=1S/C13H9N7O2S/c1-6-3-14-12(16-6)13-17-9(5-23-13)10-8-2-7(20(21)22)4-15-11(8)19-18-10/h2-5H,1H3,(H,14,16)(H,15,18,19). The molecule has 0 radical (unpaired) electrons. The fraction of sp³-hybridized carbons (Fsp3) is 0.0769. The van der Waals surface area contributed by atoms with Crippen molar-refractivity contribution in [2.24, 2.45) is 0 Å². The van der Waals surface area contributed by atoms with Crippen molar-refractivity contribution >= 4 is 28.1 Å². The Bertz CT molecular complexity index is 1030. The molecule has 0 bridgehead atoms. The summed E-state index contributed by atoms with van der Waals surface area (Å²) in [4.78, 5) is 26.3. The molecule has 114 valence electrons. The van der Waals surface area contributed by atoms with Crippen LogP contribution < -0.4 is 0 Å². The van der Waals surface area contributed by atoms with Crippen molar-refractivity contribution in [2.45, 2.75) is 6.92 Å². The summed E-state index contributed by atoms with van der Waals surface area (Å²) in [7, 11) is 0. The number of hydrogen-bond donors (Lipinski definition) is 2. The predicted octanol–water partition coefficient (Wildman–Crippen LogP) is 2.69. The molecule has 4 aromatic heterocycles. The van der Waals surface area contributed by atoms with Crippen molar-refractivity contribution in [3.8, 4) is 22.2 Å². The highest BCUT2D eigenvalue weighted by Gasteiger charge is 2.17. The first-order chi connectivity index (χ1) is 11.1. The van der Waals surface area contributed by atoms with Gasteiger partial charge in [-0.1, -0.05) is 0 Å². The molecule has 0 amide bonds. The Morgan fingerprint density at radius 1 is 1.30 bits per heavy atom. The van der Waals surface area contributed by atoms with Crippen molar-refractivity contribution in [3.63, 3.8) is 0 Å². The van der Waals surface area contributed by atoms with Gasteiger partial charge in [0.2, 0.25) is 0 Å². The predicted molar refractivity (Wildman–Crippen MR) is 84.0 cm³/mol. The molecule has 9 nitrogen and oxygen atoms in total. The lowest BCUT2D eigenvalue weighted by Gasteiger charge is -1.94. The van der Waals surface area contributed by atoms with E-state index in [2.05, 4.69) is 30.1 Å². The maximum atomic E-state index is 10.9. The molecule has 0 aliphatic carbocycles. The largest absolute Gasteiger partial charge is 0.340 e. The number of nitrogens with zero attached hydrogens (tertiary/aromatic N) is 5. The van der Waals surface area contributed by atoms with E-state index in [1.165, 1.54) is 23.6 Å². The summed E-state index contributed by atoms with van der Waals surface area (Å²) in [6, 6.07) is 1.44. The van der Waals surface area contributed by atoms with Crippen LogP contribution in [0.1, 0.15) is 5.69 Å². The number of nitrogens with one attached hydrogen (secondary N) is 2. The fourth-order valence-electron chi connectivity index (χ4n) is 2.20. The van der Waals surface area contributed by atoms with E-state index in [9.17, 15) is 10.1 Å². The van der Waals surface area contributed by atoms with Gasteiger partial charge in [0, 0.05) is 23.3 Å². The molecule has 0 saturated carbocycles. The van der Waals surface area contributed by atoms with Gasteiger partial charge in [-0.25, -0.2) is 15.0 Å². The van der Waals surface area contributed by atoms with Crippen LogP contribution in [0, 0.1) is 17.0 Å². The number of fused-ring (bicyclic) bond motifs is 1. The van der Waals surface area contributed by atoms with Crippen LogP contribution in [-0.2, 0) is 0 Å². The lowest BCUT2D eigenvalue weighted by atomic mass is 10.2. The summed E-state index contributed by atoms with van der Waals surface area (Å²) in [5.74, 6) is 0.687. The number of H-pyrrole nitrogens is 2. The van der Waals surface area contributed by atoms with E-state index in [1.807, 2.05) is 12.3 Å². The summed E-state index contributed by atoms with van der Waals surface area (Å²) in [5.41, 5.74) is 2.51. The molecule has 0 aromatic carbocycles. The second-order valence-electron chi connectivity index (χ2n) is 4.87. The van der Waals surface area contributed by atoms with Crippen LogP contribution in [0.25, 0.3) is 33.3 Å². The number of aryl methyl sites for hydroxylation is 1. The van der Waals surface area contributed by atoms with Gasteiger partial charge in [-0.05, 0) is 6.92 Å². The normalized spacial score (nSPS) is 11.2. The molecular formula is C13H9N7O2S. The molecule has 23 heavy (non-hydrogen) atoms. The average molecular weight is 327 g/mol. The van der Waals surface area contributed by atoms with Gasteiger partial charge in [0.25, 0.3) is 5.69 Å². The third-order valence-electron chi connectivity index (χ3n) is 3.27. The van der Waals surface area contributed by atoms with Gasteiger partial charge in [-0.2, -0.15) is 5.10 Å². The third-order valence-corrected chi connectivity index (χ3v) is 4.12. The Morgan fingerprint density at radius 3 is 2.91 bits per heavy atom. The third kappa shape index (κ3) is 2.25. The van der Waals surface area contributed by atoms with Gasteiger partial charge in [0.05, 0.1) is 16.0 Å². The lowest BCUT2D eigenvalue weighted by molar-refractivity contribution is -0.385. The van der Waals surface area contributed by atoms with Crippen molar-refractivity contribution in [2.75, 3.05) is 0 Å². The quantitative estimate of drug-likeness (QED) is 0.440. The van der Waals surface area contributed by atoms with Crippen molar-refractivity contribution in [1.29, 1.82) is 0 Å². The van der Waals surface area contributed by atoms with E-state index in [0.29, 0.717) is 28.2 Å². The minimum atomic E-state index is -0.485. The highest BCUT2D eigenvalue weighted by atomic mass is 32.1. The van der Waals surface area contributed by atoms with Crippen LogP contribution in [0.4, 0.5) is 5.69 Å². The number of pyridine rings is 1. The topological polar surface area (TPSA) is 126 Å². The Kier molecular flexibility index (Phi) is 2.91. The molecule has 0 saturated heterocycles. The first-order valence-electron chi connectivity index (χ1n) is 6.58. The lowest BCUT2D eigenvalue weighted by Crippen LogP contribution is -1.89. The van der Waals surface area contributed by atoms with Crippen LogP contribution in [0.15, 0.2) is 23.8 Å². The van der Waals surface area contributed by atoms with Gasteiger partial charge in [0.15, 0.2) is 16.5 Å². The summed E-state index contributed by atoms with van der Waals surface area (Å²) >= 11 is 1.43. The minimum absolute atomic E-state index is 0.0859. The van der Waals surface area contributed by atoms with Crippen molar-refractivity contribution in [1.82, 2.24) is 30.1 Å². The van der Waals surface area contributed by atoms with Gasteiger partial charge < -0.3 is 4.98 Å². The summed E-state index contributed by atoms with van der Waals surface area (Å²) in [6.07, 6.45) is 2.92. The number of hydrogen-bond acceptors (Lipinski definition) is 7. The molecule has 4 heterocycles. The second-order valence-corrected chi connectivity index (χ2v) is 5.73. The summed E-state index contributed by atoms with van der Waals surface area (Å²) < 4.78 is 0. The molecule has 0 spiro atoms. The number of imidazole rings is 1. The Labute approximate surface area is 132 Å². The Balaban J connectivity index is 1.81. The minimum Gasteiger partial charge on any atom is -0.340 e. The molecule has 0 atom stereocenters. The second kappa shape index (κ2) is 4.95. The van der Waals surface area contributed by atoms with E-state index in [4.69, 9.17) is 0 Å². The van der Waals surface area contributed by atoms with Gasteiger partial charge in [-0.15, -0.1) is 11.3 Å². The van der Waals surface area contributed by atoms with E-state index in [1.54, 1.807) is 6.20 Å². The van der Waals surface area contributed by atoms with Crippen molar-refractivity contribution in [3.05, 3.63) is 39.6 Å². The van der Waals surface area contributed by atoms with E-state index in [0.717, 1.165) is 10.7 Å². The molecule has 0 aliphatic rings. The SMILES string of the molecule is Cc1cnc(-c2nc(-c3[nH]nc4ncc([N+](=O)[O-])cc34)cs2)[nH]1. The van der Waals surface area contributed by atoms with Crippen LogP contribution in [-0.4, -0.2) is 35.1 Å². The van der Waals surface area contributed by atoms with E-state index in [-0.39, 0.29) is 5.69 Å². The van der Waals surface area contributed by atoms with Gasteiger partial charge in [-0.3, -0.25) is 15.2 Å². The Hall–Kier alpha value is -3.14. The zero-order chi connectivity index (χ0) is 16.0. The summed E-state index contributed by atoms with van der Waals surface area (Å²) in [5, 5.41) is 21.0. The molecule has 0 aliphatic heterocycles. The zero-order valence-electron chi connectivity index (χ0n) is 11.8. The number of thiazole rings is 1. The molecule has 4 aromatic rings. The molecule has 10 heteroatoms. The maximum absolute atomic E-state index is 10.9. The van der Waals surface area contributed by atoms with Crippen LogP contribution in [0.2, 0.25) is 0 Å². The van der Waals surface area contributed by atoms with E-state index >= 15 is 0 Å². The van der Waals surface area contributed by atoms with Crippen LogP contribution in [0.3, 0.4) is 0 Å². The molecule has 0 fully saturated rings. The van der Waals surface area contributed by atoms with Crippen molar-refractivity contribution < 1.29 is 4.92 Å². The van der Waals surface area contributed by atoms with Crippen LogP contribution >= 0.6 is 11.3 Å². The number of rotatable bonds is 3. The fourth-order valence-corrected chi connectivity index (χ4v) is 2.96. The van der Waals surface area contributed by atoms with Crippen LogP contribution in [0.5, 0.6) is 0 Å². The number of aromatic nitrogens is 6. The van der Waals surface area contributed by atoms with Gasteiger partial charge >= 0.3 is 0 Å².